The third kappa shape index (κ3) is 4.73. The van der Waals surface area contributed by atoms with Crippen molar-refractivity contribution in [1.29, 1.82) is 0 Å². The number of ether oxygens (including phenoxy) is 1. The SMILES string of the molecule is O=C(OCCC1C=C(OS(=O)(=O)C(F)(F)F)CC1)c1ccccc1. The minimum atomic E-state index is -5.63. The molecule has 1 aromatic rings. The molecule has 0 heterocycles. The van der Waals surface area contributed by atoms with Gasteiger partial charge in [-0.3, -0.25) is 0 Å². The van der Waals surface area contributed by atoms with E-state index in [1.165, 1.54) is 6.08 Å². The van der Waals surface area contributed by atoms with Crippen LogP contribution in [0.2, 0.25) is 0 Å². The van der Waals surface area contributed by atoms with Crippen LogP contribution in [0.4, 0.5) is 13.2 Å². The standard InChI is InChI=1S/C15H15F3O5S/c16-15(17,18)24(20,21)23-13-7-6-11(10-13)8-9-22-14(19)12-4-2-1-3-5-12/h1-5,10-11H,6-9H2. The van der Waals surface area contributed by atoms with Crippen LogP contribution in [0.1, 0.15) is 29.6 Å². The number of hydrogen-bond acceptors (Lipinski definition) is 5. The van der Waals surface area contributed by atoms with Crippen molar-refractivity contribution in [3.63, 3.8) is 0 Å². The number of benzene rings is 1. The lowest BCUT2D eigenvalue weighted by Gasteiger charge is -2.09. The zero-order valence-corrected chi connectivity index (χ0v) is 13.3. The topological polar surface area (TPSA) is 69.7 Å². The van der Waals surface area contributed by atoms with E-state index in [9.17, 15) is 26.4 Å². The molecule has 1 unspecified atom stereocenters. The first-order valence-electron chi connectivity index (χ1n) is 7.12. The molecule has 132 valence electrons. The van der Waals surface area contributed by atoms with Gasteiger partial charge in [-0.1, -0.05) is 18.2 Å². The second kappa shape index (κ2) is 7.25. The van der Waals surface area contributed by atoms with E-state index in [0.29, 0.717) is 18.4 Å². The number of halogens is 3. The molecule has 1 atom stereocenters. The van der Waals surface area contributed by atoms with Crippen molar-refractivity contribution in [1.82, 2.24) is 0 Å². The van der Waals surface area contributed by atoms with E-state index in [2.05, 4.69) is 4.18 Å². The largest absolute Gasteiger partial charge is 0.534 e. The summed E-state index contributed by atoms with van der Waals surface area (Å²) < 4.78 is 67.7. The lowest BCUT2D eigenvalue weighted by molar-refractivity contribution is -0.0522. The van der Waals surface area contributed by atoms with Gasteiger partial charge in [0, 0.05) is 6.42 Å². The van der Waals surface area contributed by atoms with Crippen LogP contribution in [0.25, 0.3) is 0 Å². The minimum Gasteiger partial charge on any atom is -0.462 e. The molecule has 0 N–H and O–H groups in total. The second-order valence-corrected chi connectivity index (χ2v) is 6.74. The average molecular weight is 364 g/mol. The lowest BCUT2D eigenvalue weighted by atomic mass is 10.1. The molecule has 0 aromatic heterocycles. The Morgan fingerprint density at radius 1 is 1.21 bits per heavy atom. The summed E-state index contributed by atoms with van der Waals surface area (Å²) in [6.07, 6.45) is 2.23. The predicted octanol–water partition coefficient (Wildman–Crippen LogP) is 3.39. The van der Waals surface area contributed by atoms with Crippen molar-refractivity contribution >= 4 is 16.1 Å². The Hall–Kier alpha value is -2.03. The molecular formula is C15H15F3O5S. The van der Waals surface area contributed by atoms with E-state index in [-0.39, 0.29) is 24.7 Å². The first-order chi connectivity index (χ1) is 11.2. The van der Waals surface area contributed by atoms with Crippen LogP contribution in [0.3, 0.4) is 0 Å². The van der Waals surface area contributed by atoms with E-state index >= 15 is 0 Å². The Morgan fingerprint density at radius 3 is 2.50 bits per heavy atom. The van der Waals surface area contributed by atoms with E-state index in [1.807, 2.05) is 0 Å². The van der Waals surface area contributed by atoms with Crippen LogP contribution in [-0.4, -0.2) is 26.5 Å². The monoisotopic (exact) mass is 364 g/mol. The van der Waals surface area contributed by atoms with Gasteiger partial charge < -0.3 is 8.92 Å². The van der Waals surface area contributed by atoms with E-state index < -0.39 is 21.6 Å². The molecule has 1 aliphatic carbocycles. The van der Waals surface area contributed by atoms with Gasteiger partial charge in [0.1, 0.15) is 5.76 Å². The van der Waals surface area contributed by atoms with Gasteiger partial charge in [-0.25, -0.2) is 4.79 Å². The number of alkyl halides is 3. The Bertz CT molecular complexity index is 710. The zero-order chi connectivity index (χ0) is 17.8. The van der Waals surface area contributed by atoms with Gasteiger partial charge in [-0.15, -0.1) is 0 Å². The third-order valence-corrected chi connectivity index (χ3v) is 4.42. The molecule has 5 nitrogen and oxygen atoms in total. The number of hydrogen-bond donors (Lipinski definition) is 0. The van der Waals surface area contributed by atoms with E-state index in [1.54, 1.807) is 30.3 Å². The molecule has 0 amide bonds. The summed E-state index contributed by atoms with van der Waals surface area (Å²) in [6.45, 7) is 0.0776. The number of rotatable bonds is 6. The summed E-state index contributed by atoms with van der Waals surface area (Å²) in [7, 11) is -5.63. The molecule has 0 bridgehead atoms. The quantitative estimate of drug-likeness (QED) is 0.440. The summed E-state index contributed by atoms with van der Waals surface area (Å²) in [5.74, 6) is -0.924. The molecule has 0 saturated carbocycles. The average Bonchev–Trinajstić information content (AvgIpc) is 2.93. The molecule has 0 saturated heterocycles. The second-order valence-electron chi connectivity index (χ2n) is 5.21. The van der Waals surface area contributed by atoms with Gasteiger partial charge in [0.15, 0.2) is 0 Å². The fourth-order valence-corrected chi connectivity index (χ4v) is 2.72. The number of carbonyl (C=O) groups is 1. The fourth-order valence-electron chi connectivity index (χ4n) is 2.20. The van der Waals surface area contributed by atoms with E-state index in [0.717, 1.165) is 0 Å². The summed E-state index contributed by atoms with van der Waals surface area (Å²) in [5.41, 5.74) is -5.04. The van der Waals surface area contributed by atoms with Crippen molar-refractivity contribution in [3.8, 4) is 0 Å². The Balaban J connectivity index is 1.81. The maximum atomic E-state index is 12.2. The van der Waals surface area contributed by atoms with E-state index in [4.69, 9.17) is 4.74 Å². The van der Waals surface area contributed by atoms with Crippen LogP contribution in [0.15, 0.2) is 42.2 Å². The Morgan fingerprint density at radius 2 is 1.88 bits per heavy atom. The number of esters is 1. The summed E-state index contributed by atoms with van der Waals surface area (Å²) in [4.78, 5) is 11.7. The minimum absolute atomic E-state index is 0.0776. The van der Waals surface area contributed by atoms with Gasteiger partial charge in [-0.05, 0) is 37.0 Å². The molecule has 2 rings (SSSR count). The van der Waals surface area contributed by atoms with Crippen LogP contribution >= 0.6 is 0 Å². The summed E-state index contributed by atoms with van der Waals surface area (Å²) >= 11 is 0. The smallest absolute Gasteiger partial charge is 0.462 e. The lowest BCUT2D eigenvalue weighted by Crippen LogP contribution is -2.25. The maximum Gasteiger partial charge on any atom is 0.534 e. The molecule has 0 aliphatic heterocycles. The maximum absolute atomic E-state index is 12.2. The van der Waals surface area contributed by atoms with Gasteiger partial charge in [0.05, 0.1) is 12.2 Å². The number of carbonyl (C=O) groups excluding carboxylic acids is 1. The van der Waals surface area contributed by atoms with Gasteiger partial charge in [0.2, 0.25) is 0 Å². The molecule has 0 radical (unpaired) electrons. The van der Waals surface area contributed by atoms with Gasteiger partial charge >= 0.3 is 21.6 Å². The highest BCUT2D eigenvalue weighted by molar-refractivity contribution is 7.87. The molecule has 24 heavy (non-hydrogen) atoms. The van der Waals surface area contributed by atoms with Crippen molar-refractivity contribution in [2.24, 2.45) is 5.92 Å². The molecular weight excluding hydrogens is 349 g/mol. The van der Waals surface area contributed by atoms with Crippen LogP contribution in [0, 0.1) is 5.92 Å². The van der Waals surface area contributed by atoms with Crippen LogP contribution < -0.4 is 0 Å². The molecule has 0 spiro atoms. The normalized spacial score (nSPS) is 18.1. The van der Waals surface area contributed by atoms with Crippen molar-refractivity contribution in [2.45, 2.75) is 24.8 Å². The molecule has 9 heteroatoms. The predicted molar refractivity (Wildman–Crippen MR) is 78.2 cm³/mol. The fraction of sp³-hybridized carbons (Fsp3) is 0.400. The Labute approximate surface area is 137 Å². The molecule has 1 aromatic carbocycles. The number of allylic oxidation sites excluding steroid dienone is 2. The zero-order valence-electron chi connectivity index (χ0n) is 12.5. The van der Waals surface area contributed by atoms with Crippen molar-refractivity contribution in [2.75, 3.05) is 6.61 Å². The van der Waals surface area contributed by atoms with Gasteiger partial charge in [0.25, 0.3) is 0 Å². The van der Waals surface area contributed by atoms with Gasteiger partial charge in [-0.2, -0.15) is 21.6 Å². The van der Waals surface area contributed by atoms with Crippen LogP contribution in [0.5, 0.6) is 0 Å². The summed E-state index contributed by atoms with van der Waals surface area (Å²) in [5, 5.41) is 0. The first-order valence-corrected chi connectivity index (χ1v) is 8.53. The summed E-state index contributed by atoms with van der Waals surface area (Å²) in [6, 6.07) is 8.36. The third-order valence-electron chi connectivity index (χ3n) is 3.41. The highest BCUT2D eigenvalue weighted by Crippen LogP contribution is 2.33. The van der Waals surface area contributed by atoms with Crippen molar-refractivity contribution in [3.05, 3.63) is 47.7 Å². The Kier molecular flexibility index (Phi) is 5.53. The highest BCUT2D eigenvalue weighted by Gasteiger charge is 2.49. The van der Waals surface area contributed by atoms with Crippen molar-refractivity contribution < 1.29 is 35.3 Å². The highest BCUT2D eigenvalue weighted by atomic mass is 32.2. The molecule has 0 fully saturated rings. The van der Waals surface area contributed by atoms with Crippen LogP contribution in [-0.2, 0) is 19.0 Å². The first kappa shape index (κ1) is 18.3. The molecule has 1 aliphatic rings.